The van der Waals surface area contributed by atoms with Gasteiger partial charge in [-0.2, -0.15) is 0 Å². The Labute approximate surface area is 101 Å². The second-order valence-electron chi connectivity index (χ2n) is 5.95. The molecule has 1 heteroatoms. The molecule has 0 aliphatic heterocycles. The molecule has 0 amide bonds. The molecule has 1 atom stereocenters. The second-order valence-corrected chi connectivity index (χ2v) is 5.95. The van der Waals surface area contributed by atoms with E-state index in [0.29, 0.717) is 0 Å². The zero-order valence-corrected chi connectivity index (χ0v) is 11.6. The van der Waals surface area contributed by atoms with E-state index in [9.17, 15) is 0 Å². The number of hydrogen-bond donors (Lipinski definition) is 1. The van der Waals surface area contributed by atoms with Gasteiger partial charge in [0.25, 0.3) is 0 Å². The second kappa shape index (κ2) is 5.18. The van der Waals surface area contributed by atoms with Crippen LogP contribution in [0.5, 0.6) is 0 Å². The molecular weight excluding hydrogens is 194 g/mol. The topological polar surface area (TPSA) is 26.0 Å². The van der Waals surface area contributed by atoms with Crippen molar-refractivity contribution in [3.63, 3.8) is 0 Å². The van der Waals surface area contributed by atoms with E-state index >= 15 is 0 Å². The summed E-state index contributed by atoms with van der Waals surface area (Å²) >= 11 is 0. The lowest BCUT2D eigenvalue weighted by atomic mass is 9.75. The molecule has 1 aliphatic rings. The van der Waals surface area contributed by atoms with Gasteiger partial charge < -0.3 is 5.73 Å². The zero-order chi connectivity index (χ0) is 12.3. The molecule has 2 N–H and O–H groups in total. The molecule has 1 unspecified atom stereocenters. The third-order valence-electron chi connectivity index (χ3n) is 3.55. The van der Waals surface area contributed by atoms with Crippen molar-refractivity contribution in [2.75, 3.05) is 0 Å². The van der Waals surface area contributed by atoms with Crippen molar-refractivity contribution in [3.05, 3.63) is 22.8 Å². The summed E-state index contributed by atoms with van der Waals surface area (Å²) in [4.78, 5) is 0. The van der Waals surface area contributed by atoms with Gasteiger partial charge in [0.15, 0.2) is 0 Å². The maximum absolute atomic E-state index is 6.25. The molecule has 0 radical (unpaired) electrons. The van der Waals surface area contributed by atoms with E-state index in [1.165, 1.54) is 17.6 Å². The third kappa shape index (κ3) is 2.98. The van der Waals surface area contributed by atoms with Crippen molar-refractivity contribution in [3.8, 4) is 0 Å². The summed E-state index contributed by atoms with van der Waals surface area (Å²) in [7, 11) is 0. The highest BCUT2D eigenvalue weighted by Gasteiger charge is 2.24. The van der Waals surface area contributed by atoms with Crippen LogP contribution >= 0.6 is 0 Å². The summed E-state index contributed by atoms with van der Waals surface area (Å²) in [6.07, 6.45) is 6.98. The van der Waals surface area contributed by atoms with Gasteiger partial charge in [0.1, 0.15) is 0 Å². The molecule has 0 heterocycles. The van der Waals surface area contributed by atoms with Gasteiger partial charge in [0.05, 0.1) is 0 Å². The van der Waals surface area contributed by atoms with E-state index in [4.69, 9.17) is 5.73 Å². The molecule has 0 saturated heterocycles. The van der Waals surface area contributed by atoms with Crippen molar-refractivity contribution >= 4 is 0 Å². The Morgan fingerprint density at radius 2 is 2.00 bits per heavy atom. The lowest BCUT2D eigenvalue weighted by Crippen LogP contribution is -2.26. The third-order valence-corrected chi connectivity index (χ3v) is 3.55. The lowest BCUT2D eigenvalue weighted by molar-refractivity contribution is 0.472. The predicted molar refractivity (Wildman–Crippen MR) is 72.4 cm³/mol. The molecule has 1 aliphatic carbocycles. The van der Waals surface area contributed by atoms with Gasteiger partial charge in [-0.05, 0) is 42.7 Å². The van der Waals surface area contributed by atoms with E-state index in [-0.39, 0.29) is 11.5 Å². The zero-order valence-electron chi connectivity index (χ0n) is 11.6. The average molecular weight is 221 g/mol. The Balaban J connectivity index is 2.97. The quantitative estimate of drug-likeness (QED) is 0.759. The normalized spacial score (nSPS) is 19.8. The van der Waals surface area contributed by atoms with Crippen molar-refractivity contribution in [1.29, 1.82) is 0 Å². The van der Waals surface area contributed by atoms with Crippen molar-refractivity contribution in [2.24, 2.45) is 11.1 Å². The van der Waals surface area contributed by atoms with Crippen LogP contribution in [0.4, 0.5) is 0 Å². The largest absolute Gasteiger partial charge is 0.324 e. The van der Waals surface area contributed by atoms with Crippen molar-refractivity contribution in [2.45, 2.75) is 66.3 Å². The summed E-state index contributed by atoms with van der Waals surface area (Å²) in [5.74, 6) is 0. The lowest BCUT2D eigenvalue weighted by Gasteiger charge is -2.31. The summed E-state index contributed by atoms with van der Waals surface area (Å²) < 4.78 is 0. The highest BCUT2D eigenvalue weighted by molar-refractivity contribution is 5.42. The number of rotatable bonds is 3. The Morgan fingerprint density at radius 3 is 2.50 bits per heavy atom. The van der Waals surface area contributed by atoms with E-state index in [0.717, 1.165) is 19.3 Å². The first-order valence-electron chi connectivity index (χ1n) is 6.54. The molecule has 0 aromatic heterocycles. The maximum Gasteiger partial charge on any atom is 0.0294 e. The van der Waals surface area contributed by atoms with E-state index in [1.54, 1.807) is 5.57 Å². The molecule has 0 spiro atoms. The Bertz CT molecular complexity index is 302. The Hall–Kier alpha value is -0.560. The molecule has 16 heavy (non-hydrogen) atoms. The van der Waals surface area contributed by atoms with Crippen LogP contribution in [-0.4, -0.2) is 6.04 Å². The Morgan fingerprint density at radius 1 is 1.38 bits per heavy atom. The standard InChI is InChI=1S/C15H27N/c1-6-8-14(16)12-9-7-10-13(11(12)2)15(3,4)5/h9,14H,6-8,10,16H2,1-5H3. The minimum absolute atomic E-state index is 0.239. The van der Waals surface area contributed by atoms with Gasteiger partial charge in [-0.1, -0.05) is 45.8 Å². The van der Waals surface area contributed by atoms with E-state index in [1.807, 2.05) is 0 Å². The van der Waals surface area contributed by atoms with Gasteiger partial charge in [-0.3, -0.25) is 0 Å². The summed E-state index contributed by atoms with van der Waals surface area (Å²) in [6, 6.07) is 0.239. The monoisotopic (exact) mass is 221 g/mol. The molecule has 0 bridgehead atoms. The fourth-order valence-electron chi connectivity index (χ4n) is 2.72. The predicted octanol–water partition coefficient (Wildman–Crippen LogP) is 4.20. The molecular formula is C15H27N. The molecule has 0 saturated carbocycles. The van der Waals surface area contributed by atoms with Crippen LogP contribution in [0.25, 0.3) is 0 Å². The number of allylic oxidation sites excluding steroid dienone is 2. The van der Waals surface area contributed by atoms with Gasteiger partial charge in [-0.15, -0.1) is 0 Å². The molecule has 0 aromatic carbocycles. The first-order chi connectivity index (χ1) is 7.38. The smallest absolute Gasteiger partial charge is 0.0294 e. The van der Waals surface area contributed by atoms with Crippen LogP contribution in [0.15, 0.2) is 22.8 Å². The highest BCUT2D eigenvalue weighted by Crippen LogP contribution is 2.38. The maximum atomic E-state index is 6.25. The van der Waals surface area contributed by atoms with Crippen molar-refractivity contribution < 1.29 is 0 Å². The summed E-state index contributed by atoms with van der Waals surface area (Å²) in [6.45, 7) is 11.4. The van der Waals surface area contributed by atoms with Crippen LogP contribution < -0.4 is 5.73 Å². The minimum atomic E-state index is 0.239. The van der Waals surface area contributed by atoms with E-state index in [2.05, 4.69) is 40.7 Å². The molecule has 0 aromatic rings. The minimum Gasteiger partial charge on any atom is -0.324 e. The Kier molecular flexibility index (Phi) is 4.37. The van der Waals surface area contributed by atoms with Gasteiger partial charge >= 0.3 is 0 Å². The molecule has 1 nitrogen and oxygen atoms in total. The fourth-order valence-corrected chi connectivity index (χ4v) is 2.72. The van der Waals surface area contributed by atoms with Crippen LogP contribution in [-0.2, 0) is 0 Å². The number of hydrogen-bond acceptors (Lipinski definition) is 1. The summed E-state index contributed by atoms with van der Waals surface area (Å²) in [5, 5.41) is 0. The van der Waals surface area contributed by atoms with Gasteiger partial charge in [0, 0.05) is 6.04 Å². The van der Waals surface area contributed by atoms with Gasteiger partial charge in [0.2, 0.25) is 0 Å². The van der Waals surface area contributed by atoms with Crippen LogP contribution in [0.1, 0.15) is 60.3 Å². The summed E-state index contributed by atoms with van der Waals surface area (Å²) in [5.41, 5.74) is 11.0. The van der Waals surface area contributed by atoms with Crippen LogP contribution in [0.3, 0.4) is 0 Å². The SMILES string of the molecule is CCCC(N)C1=CCCC(C(C)(C)C)=C1C. The van der Waals surface area contributed by atoms with Crippen LogP contribution in [0.2, 0.25) is 0 Å². The fraction of sp³-hybridized carbons (Fsp3) is 0.733. The van der Waals surface area contributed by atoms with E-state index < -0.39 is 0 Å². The average Bonchev–Trinajstić information content (AvgIpc) is 2.16. The highest BCUT2D eigenvalue weighted by atomic mass is 14.6. The molecule has 1 rings (SSSR count). The van der Waals surface area contributed by atoms with Crippen LogP contribution in [0, 0.1) is 5.41 Å². The first kappa shape index (κ1) is 13.5. The number of nitrogens with two attached hydrogens (primary N) is 1. The molecule has 92 valence electrons. The van der Waals surface area contributed by atoms with Gasteiger partial charge in [-0.25, -0.2) is 0 Å². The first-order valence-corrected chi connectivity index (χ1v) is 6.54. The molecule has 0 fully saturated rings. The van der Waals surface area contributed by atoms with Crippen molar-refractivity contribution in [1.82, 2.24) is 0 Å².